The summed E-state index contributed by atoms with van der Waals surface area (Å²) in [6.45, 7) is 8.82. The smallest absolute Gasteiger partial charge is 0.341 e. The molecular formula is C32H34N2O3S. The molecule has 5 nitrogen and oxygen atoms in total. The lowest BCUT2D eigenvalue weighted by Gasteiger charge is -2.36. The van der Waals surface area contributed by atoms with Gasteiger partial charge in [-0.15, -0.1) is 11.3 Å². The molecule has 2 heterocycles. The molecule has 1 atom stereocenters. The highest BCUT2D eigenvalue weighted by atomic mass is 32.1. The maximum Gasteiger partial charge on any atom is 0.341 e. The minimum atomic E-state index is -0.396. The third-order valence-electron chi connectivity index (χ3n) is 8.31. The molecule has 6 heteroatoms. The van der Waals surface area contributed by atoms with Gasteiger partial charge in [-0.3, -0.25) is 4.79 Å². The molecule has 0 bridgehead atoms. The maximum atomic E-state index is 14.0. The number of thiophene rings is 1. The minimum absolute atomic E-state index is 0.220. The minimum Gasteiger partial charge on any atom is -0.465 e. The zero-order chi connectivity index (χ0) is 27.0. The number of carbonyl (C=O) groups excluding carboxylic acids is 2. The molecule has 0 aliphatic heterocycles. The number of hydrogen-bond donors (Lipinski definition) is 1. The maximum absolute atomic E-state index is 14.0. The Kier molecular flexibility index (Phi) is 7.10. The van der Waals surface area contributed by atoms with E-state index in [4.69, 9.17) is 9.72 Å². The number of hydrogen-bond acceptors (Lipinski definition) is 5. The van der Waals surface area contributed by atoms with E-state index in [1.54, 1.807) is 0 Å². The first-order chi connectivity index (χ1) is 18.2. The molecule has 4 aromatic rings. The summed E-state index contributed by atoms with van der Waals surface area (Å²) in [5.41, 5.74) is 5.62. The monoisotopic (exact) mass is 526 g/mol. The van der Waals surface area contributed by atoms with E-state index in [0.29, 0.717) is 22.0 Å². The van der Waals surface area contributed by atoms with Crippen LogP contribution in [-0.2, 0) is 17.6 Å². The number of nitrogens with one attached hydrogen (secondary N) is 1. The quantitative estimate of drug-likeness (QED) is 0.260. The second-order valence-corrected chi connectivity index (χ2v) is 11.9. The van der Waals surface area contributed by atoms with Gasteiger partial charge in [0.2, 0.25) is 0 Å². The van der Waals surface area contributed by atoms with Crippen LogP contribution in [0.1, 0.15) is 70.3 Å². The summed E-state index contributed by atoms with van der Waals surface area (Å²) < 4.78 is 5.18. The lowest BCUT2D eigenvalue weighted by atomic mass is 9.69. The molecule has 2 aromatic carbocycles. The van der Waals surface area contributed by atoms with Gasteiger partial charge in [0.1, 0.15) is 5.00 Å². The molecule has 0 saturated carbocycles. The lowest BCUT2D eigenvalue weighted by molar-refractivity contribution is 0.0600. The molecule has 1 unspecified atom stereocenters. The first-order valence-corrected chi connectivity index (χ1v) is 14.1. The van der Waals surface area contributed by atoms with E-state index in [-0.39, 0.29) is 11.3 Å². The molecule has 1 amide bonds. The van der Waals surface area contributed by atoms with Crippen molar-refractivity contribution in [1.82, 2.24) is 4.98 Å². The molecule has 196 valence electrons. The number of amides is 1. The van der Waals surface area contributed by atoms with Crippen molar-refractivity contribution in [2.24, 2.45) is 11.3 Å². The Hall–Kier alpha value is -3.51. The van der Waals surface area contributed by atoms with Gasteiger partial charge in [0, 0.05) is 15.8 Å². The van der Waals surface area contributed by atoms with E-state index in [1.807, 2.05) is 61.5 Å². The summed E-state index contributed by atoms with van der Waals surface area (Å²) in [4.78, 5) is 33.0. The largest absolute Gasteiger partial charge is 0.465 e. The first-order valence-electron chi connectivity index (χ1n) is 13.2. The van der Waals surface area contributed by atoms with Crippen LogP contribution < -0.4 is 5.32 Å². The predicted molar refractivity (Wildman–Crippen MR) is 155 cm³/mol. The van der Waals surface area contributed by atoms with Crippen LogP contribution in [0.3, 0.4) is 0 Å². The van der Waals surface area contributed by atoms with Crippen molar-refractivity contribution in [1.29, 1.82) is 0 Å². The summed E-state index contributed by atoms with van der Waals surface area (Å²) in [5.74, 6) is -0.104. The molecule has 0 radical (unpaired) electrons. The van der Waals surface area contributed by atoms with E-state index in [1.165, 1.54) is 23.3 Å². The summed E-state index contributed by atoms with van der Waals surface area (Å²) in [6, 6.07) is 17.6. The lowest BCUT2D eigenvalue weighted by Crippen LogP contribution is -2.28. The van der Waals surface area contributed by atoms with Crippen LogP contribution in [0.25, 0.3) is 22.2 Å². The molecule has 2 aromatic heterocycles. The van der Waals surface area contributed by atoms with Gasteiger partial charge in [-0.05, 0) is 54.7 Å². The molecule has 0 fully saturated rings. The molecule has 1 aliphatic rings. The van der Waals surface area contributed by atoms with E-state index in [0.717, 1.165) is 59.0 Å². The van der Waals surface area contributed by atoms with Gasteiger partial charge < -0.3 is 10.1 Å². The van der Waals surface area contributed by atoms with Crippen LogP contribution >= 0.6 is 11.3 Å². The van der Waals surface area contributed by atoms with Crippen LogP contribution in [0.5, 0.6) is 0 Å². The number of para-hydroxylation sites is 1. The number of benzene rings is 2. The number of fused-ring (bicyclic) bond motifs is 2. The average molecular weight is 527 g/mol. The number of anilines is 1. The van der Waals surface area contributed by atoms with Crippen molar-refractivity contribution in [2.45, 2.75) is 53.4 Å². The molecule has 1 aliphatic carbocycles. The Labute approximate surface area is 228 Å². The number of nitrogens with zero attached hydrogens (tertiary/aromatic N) is 1. The Bertz CT molecular complexity index is 1520. The van der Waals surface area contributed by atoms with Crippen molar-refractivity contribution in [2.75, 3.05) is 12.4 Å². The fourth-order valence-corrected chi connectivity index (χ4v) is 6.90. The van der Waals surface area contributed by atoms with E-state index in [2.05, 4.69) is 26.1 Å². The molecule has 1 N–H and O–H groups in total. The van der Waals surface area contributed by atoms with Crippen molar-refractivity contribution in [3.8, 4) is 11.3 Å². The SMILES string of the molecule is CCC(C)(C)C1CCc2c(sc(NC(=O)c3c(C)c(-c4ccccc4)nc4ccccc34)c2C(=O)OC)C1. The van der Waals surface area contributed by atoms with Gasteiger partial charge in [-0.1, -0.05) is 75.7 Å². The molecule has 38 heavy (non-hydrogen) atoms. The zero-order valence-electron chi connectivity index (χ0n) is 22.7. The van der Waals surface area contributed by atoms with Gasteiger partial charge in [-0.2, -0.15) is 0 Å². The number of methoxy groups -OCH3 is 1. The second-order valence-electron chi connectivity index (χ2n) is 10.8. The number of rotatable bonds is 6. The van der Waals surface area contributed by atoms with Crippen LogP contribution in [0.15, 0.2) is 54.6 Å². The summed E-state index contributed by atoms with van der Waals surface area (Å²) in [5, 5.41) is 4.49. The van der Waals surface area contributed by atoms with Crippen molar-refractivity contribution in [3.63, 3.8) is 0 Å². The van der Waals surface area contributed by atoms with Crippen LogP contribution in [0.4, 0.5) is 5.00 Å². The number of aromatic nitrogens is 1. The molecule has 5 rings (SSSR count). The van der Waals surface area contributed by atoms with Gasteiger partial charge >= 0.3 is 5.97 Å². The molecular weight excluding hydrogens is 492 g/mol. The average Bonchev–Trinajstić information content (AvgIpc) is 3.29. The van der Waals surface area contributed by atoms with Crippen LogP contribution in [0, 0.1) is 18.3 Å². The number of carbonyl (C=O) groups is 2. The third-order valence-corrected chi connectivity index (χ3v) is 9.48. The van der Waals surface area contributed by atoms with E-state index < -0.39 is 5.97 Å². The predicted octanol–water partition coefficient (Wildman–Crippen LogP) is 7.85. The highest BCUT2D eigenvalue weighted by Gasteiger charge is 2.36. The van der Waals surface area contributed by atoms with Crippen molar-refractivity contribution < 1.29 is 14.3 Å². The normalized spacial score (nSPS) is 15.2. The first kappa shape index (κ1) is 26.1. The van der Waals surface area contributed by atoms with Crippen molar-refractivity contribution in [3.05, 3.63) is 81.7 Å². The Morgan fingerprint density at radius 2 is 1.79 bits per heavy atom. The number of esters is 1. The summed E-state index contributed by atoms with van der Waals surface area (Å²) >= 11 is 1.52. The Morgan fingerprint density at radius 1 is 1.08 bits per heavy atom. The zero-order valence-corrected chi connectivity index (χ0v) is 23.5. The van der Waals surface area contributed by atoms with Gasteiger partial charge in [0.15, 0.2) is 0 Å². The van der Waals surface area contributed by atoms with Crippen LogP contribution in [-0.4, -0.2) is 24.0 Å². The van der Waals surface area contributed by atoms with Gasteiger partial charge in [0.25, 0.3) is 5.91 Å². The fourth-order valence-electron chi connectivity index (χ4n) is 5.59. The van der Waals surface area contributed by atoms with Crippen molar-refractivity contribution >= 4 is 39.1 Å². The molecule has 0 spiro atoms. The highest BCUT2D eigenvalue weighted by Crippen LogP contribution is 2.46. The Balaban J connectivity index is 1.59. The second kappa shape index (κ2) is 10.3. The topological polar surface area (TPSA) is 68.3 Å². The summed E-state index contributed by atoms with van der Waals surface area (Å²) in [7, 11) is 1.40. The van der Waals surface area contributed by atoms with E-state index >= 15 is 0 Å². The summed E-state index contributed by atoms with van der Waals surface area (Å²) in [6.07, 6.45) is 3.85. The Morgan fingerprint density at radius 3 is 2.50 bits per heavy atom. The standard InChI is InChI=1S/C32H34N2O3S/c1-6-32(3,4)21-16-17-23-25(18-21)38-30(27(23)31(36)37-5)34-29(35)26-19(2)28(20-12-8-7-9-13-20)33-24-15-11-10-14-22(24)26/h7-15,21H,6,16-18H2,1-5H3,(H,34,35). The van der Waals surface area contributed by atoms with E-state index in [9.17, 15) is 9.59 Å². The number of pyridine rings is 1. The van der Waals surface area contributed by atoms with Crippen LogP contribution in [0.2, 0.25) is 0 Å². The fraction of sp³-hybridized carbons (Fsp3) is 0.344. The highest BCUT2D eigenvalue weighted by molar-refractivity contribution is 7.17. The third kappa shape index (κ3) is 4.62. The number of ether oxygens (including phenoxy) is 1. The van der Waals surface area contributed by atoms with Gasteiger partial charge in [0.05, 0.1) is 29.4 Å². The van der Waals surface area contributed by atoms with Gasteiger partial charge in [-0.25, -0.2) is 9.78 Å². The molecule has 0 saturated heterocycles.